The highest BCUT2D eigenvalue weighted by molar-refractivity contribution is 8.01. The molecule has 1 aromatic heterocycles. The molecule has 2 saturated heterocycles. The fourth-order valence-corrected chi connectivity index (χ4v) is 5.66. The molecule has 0 aliphatic carbocycles. The van der Waals surface area contributed by atoms with Crippen LogP contribution in [0, 0.1) is 0 Å². The third kappa shape index (κ3) is 3.17. The maximum Gasteiger partial charge on any atom is 0.361 e. The van der Waals surface area contributed by atoms with E-state index in [1.807, 2.05) is 37.3 Å². The van der Waals surface area contributed by atoms with E-state index in [0.717, 1.165) is 5.56 Å². The number of hydrogen-bond donors (Lipinski definition) is 1. The van der Waals surface area contributed by atoms with Gasteiger partial charge in [-0.2, -0.15) is 0 Å². The lowest BCUT2D eigenvalue weighted by Crippen LogP contribution is -2.58. The monoisotopic (exact) mass is 416 g/mol. The van der Waals surface area contributed by atoms with E-state index in [-0.39, 0.29) is 30.1 Å². The first-order chi connectivity index (χ1) is 13.9. The lowest BCUT2D eigenvalue weighted by atomic mass is 9.96. The highest BCUT2D eigenvalue weighted by atomic mass is 32.2. The van der Waals surface area contributed by atoms with Crippen LogP contribution in [0.15, 0.2) is 30.3 Å². The average molecular weight is 416 g/mol. The summed E-state index contributed by atoms with van der Waals surface area (Å²) in [7, 11) is 0. The zero-order chi connectivity index (χ0) is 20.8. The first-order valence-electron chi connectivity index (χ1n) is 9.23. The Morgan fingerprint density at radius 3 is 2.69 bits per heavy atom. The summed E-state index contributed by atoms with van der Waals surface area (Å²) in [6.45, 7) is 3.89. The van der Waals surface area contributed by atoms with Gasteiger partial charge in [0.1, 0.15) is 11.7 Å². The van der Waals surface area contributed by atoms with Crippen molar-refractivity contribution in [2.24, 2.45) is 0 Å². The normalized spacial score (nSPS) is 25.4. The van der Waals surface area contributed by atoms with Gasteiger partial charge in [0.2, 0.25) is 5.91 Å². The van der Waals surface area contributed by atoms with Gasteiger partial charge in [-0.1, -0.05) is 35.5 Å². The minimum Gasteiger partial charge on any atom is -0.480 e. The molecule has 3 heterocycles. The highest BCUT2D eigenvalue weighted by Crippen LogP contribution is 2.51. The lowest BCUT2D eigenvalue weighted by Gasteiger charge is -2.37. The molecule has 2 aliphatic heterocycles. The Balaban J connectivity index is 1.75. The van der Waals surface area contributed by atoms with Gasteiger partial charge < -0.3 is 14.7 Å². The van der Waals surface area contributed by atoms with Crippen molar-refractivity contribution in [3.63, 3.8) is 0 Å². The molecular formula is C19H20N4O5S. The van der Waals surface area contributed by atoms with E-state index in [1.54, 1.807) is 11.6 Å². The van der Waals surface area contributed by atoms with Crippen LogP contribution in [0.4, 0.5) is 0 Å². The number of fused-ring (bicyclic) bond motifs is 1. The molecule has 0 bridgehead atoms. The first kappa shape index (κ1) is 19.4. The molecule has 3 unspecified atom stereocenters. The van der Waals surface area contributed by atoms with Gasteiger partial charge in [0, 0.05) is 5.56 Å². The predicted molar refractivity (Wildman–Crippen MR) is 104 cm³/mol. The maximum atomic E-state index is 12.4. The number of rotatable bonds is 6. The number of amides is 1. The van der Waals surface area contributed by atoms with Crippen LogP contribution < -0.4 is 0 Å². The number of thioether (sulfide) groups is 1. The number of carboxylic acids is 1. The standard InChI is InChI=1S/C19H20N4O5S/c1-3-28-18(27)14-15(11-7-5-4-6-8-11)22(21-20-14)10-19(2)16(17(25)26)23-12(24)9-13(23)29-19/h4-8,13,16H,3,9-10H2,1-2H3,(H,25,26). The number of carboxylic acid groups (broad SMARTS) is 1. The molecule has 1 amide bonds. The number of carbonyl (C=O) groups excluding carboxylic acids is 2. The summed E-state index contributed by atoms with van der Waals surface area (Å²) in [5.41, 5.74) is 1.27. The van der Waals surface area contributed by atoms with Gasteiger partial charge in [-0.3, -0.25) is 4.79 Å². The van der Waals surface area contributed by atoms with Crippen molar-refractivity contribution in [3.05, 3.63) is 36.0 Å². The summed E-state index contributed by atoms with van der Waals surface area (Å²) in [6.07, 6.45) is 0.334. The SMILES string of the molecule is CCOC(=O)c1nnn(CC2(C)SC3CC(=O)N3C2C(=O)O)c1-c1ccccc1. The Bertz CT molecular complexity index is 978. The van der Waals surface area contributed by atoms with Crippen LogP contribution in [0.5, 0.6) is 0 Å². The fraction of sp³-hybridized carbons (Fsp3) is 0.421. The minimum atomic E-state index is -1.05. The van der Waals surface area contributed by atoms with E-state index in [1.165, 1.54) is 16.7 Å². The number of nitrogens with zero attached hydrogens (tertiary/aromatic N) is 4. The summed E-state index contributed by atoms with van der Waals surface area (Å²) in [5, 5.41) is 17.8. The molecule has 2 aromatic rings. The smallest absolute Gasteiger partial charge is 0.361 e. The van der Waals surface area contributed by atoms with E-state index in [0.29, 0.717) is 12.1 Å². The molecule has 10 heteroatoms. The number of esters is 1. The third-order valence-electron chi connectivity index (χ3n) is 5.16. The zero-order valence-electron chi connectivity index (χ0n) is 15.9. The highest BCUT2D eigenvalue weighted by Gasteiger charge is 2.61. The topological polar surface area (TPSA) is 115 Å². The summed E-state index contributed by atoms with van der Waals surface area (Å²) in [6, 6.07) is 8.20. The van der Waals surface area contributed by atoms with Crippen LogP contribution in [0.3, 0.4) is 0 Å². The molecule has 0 saturated carbocycles. The molecule has 2 aliphatic rings. The van der Waals surface area contributed by atoms with Gasteiger partial charge in [0.15, 0.2) is 5.69 Å². The van der Waals surface area contributed by atoms with Crippen LogP contribution in [-0.2, 0) is 20.9 Å². The fourth-order valence-electron chi connectivity index (χ4n) is 3.92. The van der Waals surface area contributed by atoms with E-state index < -0.39 is 22.7 Å². The molecule has 29 heavy (non-hydrogen) atoms. The van der Waals surface area contributed by atoms with Crippen molar-refractivity contribution >= 4 is 29.6 Å². The molecule has 152 valence electrons. The number of aliphatic carboxylic acids is 1. The largest absolute Gasteiger partial charge is 0.480 e. The summed E-state index contributed by atoms with van der Waals surface area (Å²) >= 11 is 1.45. The number of aromatic nitrogens is 3. The van der Waals surface area contributed by atoms with Crippen molar-refractivity contribution in [2.45, 2.75) is 43.0 Å². The van der Waals surface area contributed by atoms with Gasteiger partial charge in [-0.05, 0) is 13.8 Å². The second kappa shape index (κ2) is 7.18. The van der Waals surface area contributed by atoms with E-state index >= 15 is 0 Å². The Labute approximate surface area is 171 Å². The van der Waals surface area contributed by atoms with Crippen molar-refractivity contribution in [2.75, 3.05) is 6.61 Å². The lowest BCUT2D eigenvalue weighted by molar-refractivity contribution is -0.157. The molecule has 0 radical (unpaired) electrons. The number of hydrogen-bond acceptors (Lipinski definition) is 7. The first-order valence-corrected chi connectivity index (χ1v) is 10.1. The quantitative estimate of drug-likeness (QED) is 0.558. The number of β-lactam (4-membered cyclic amide) rings is 1. The van der Waals surface area contributed by atoms with Crippen LogP contribution in [0.25, 0.3) is 11.3 Å². The van der Waals surface area contributed by atoms with Crippen LogP contribution in [0.1, 0.15) is 30.8 Å². The molecular weight excluding hydrogens is 396 g/mol. The Morgan fingerprint density at radius 1 is 1.34 bits per heavy atom. The van der Waals surface area contributed by atoms with Gasteiger partial charge in [0.25, 0.3) is 0 Å². The van der Waals surface area contributed by atoms with Crippen molar-refractivity contribution in [3.8, 4) is 11.3 Å². The molecule has 2 fully saturated rings. The Kier molecular flexibility index (Phi) is 4.81. The van der Waals surface area contributed by atoms with Gasteiger partial charge in [0.05, 0.1) is 29.7 Å². The Morgan fingerprint density at radius 2 is 2.07 bits per heavy atom. The van der Waals surface area contributed by atoms with Crippen molar-refractivity contribution in [1.82, 2.24) is 19.9 Å². The molecule has 3 atom stereocenters. The van der Waals surface area contributed by atoms with Crippen LogP contribution in [-0.4, -0.2) is 65.6 Å². The van der Waals surface area contributed by atoms with Crippen molar-refractivity contribution < 1.29 is 24.2 Å². The van der Waals surface area contributed by atoms with Crippen molar-refractivity contribution in [1.29, 1.82) is 0 Å². The summed E-state index contributed by atoms with van der Waals surface area (Å²) in [5.74, 6) is -1.80. The van der Waals surface area contributed by atoms with E-state index in [2.05, 4.69) is 10.3 Å². The second-order valence-electron chi connectivity index (χ2n) is 7.16. The summed E-state index contributed by atoms with van der Waals surface area (Å²) < 4.78 is 5.82. The number of carbonyl (C=O) groups is 3. The predicted octanol–water partition coefficient (Wildman–Crippen LogP) is 1.64. The molecule has 4 rings (SSSR count). The van der Waals surface area contributed by atoms with E-state index in [9.17, 15) is 19.5 Å². The second-order valence-corrected chi connectivity index (χ2v) is 8.87. The van der Waals surface area contributed by atoms with Gasteiger partial charge >= 0.3 is 11.9 Å². The van der Waals surface area contributed by atoms with Gasteiger partial charge in [-0.25, -0.2) is 14.3 Å². The average Bonchev–Trinajstić information content (AvgIpc) is 3.19. The van der Waals surface area contributed by atoms with Gasteiger partial charge in [-0.15, -0.1) is 16.9 Å². The summed E-state index contributed by atoms with van der Waals surface area (Å²) in [4.78, 5) is 37.8. The van der Waals surface area contributed by atoms with Crippen LogP contribution >= 0.6 is 11.8 Å². The molecule has 1 aromatic carbocycles. The molecule has 0 spiro atoms. The Hall–Kier alpha value is -2.88. The minimum absolute atomic E-state index is 0.0795. The maximum absolute atomic E-state index is 12.4. The molecule has 1 N–H and O–H groups in total. The van der Waals surface area contributed by atoms with E-state index in [4.69, 9.17) is 4.74 Å². The third-order valence-corrected chi connectivity index (χ3v) is 6.71. The zero-order valence-corrected chi connectivity index (χ0v) is 16.8. The molecule has 9 nitrogen and oxygen atoms in total. The number of ether oxygens (including phenoxy) is 1. The van der Waals surface area contributed by atoms with Crippen LogP contribution in [0.2, 0.25) is 0 Å². The number of benzene rings is 1.